The number of halogens is 1. The lowest BCUT2D eigenvalue weighted by molar-refractivity contribution is 0.249. The fourth-order valence-electron chi connectivity index (χ4n) is 3.40. The number of nitrogens with zero attached hydrogens (tertiary/aromatic N) is 3. The Morgan fingerprint density at radius 2 is 2.08 bits per heavy atom. The number of urea groups is 1. The zero-order valence-corrected chi connectivity index (χ0v) is 14.4. The van der Waals surface area contributed by atoms with Crippen molar-refractivity contribution in [2.24, 2.45) is 5.92 Å². The van der Waals surface area contributed by atoms with Gasteiger partial charge in [-0.3, -0.25) is 10.00 Å². The SMILES string of the molecule is CN1C[C@@H](CNC(=O)Nc2ccn(CCF)n2)[C@H](c2ccccc2)C1. The van der Waals surface area contributed by atoms with Crippen LogP contribution in [0.1, 0.15) is 11.5 Å². The summed E-state index contributed by atoms with van der Waals surface area (Å²) < 4.78 is 13.8. The molecule has 134 valence electrons. The Morgan fingerprint density at radius 1 is 1.28 bits per heavy atom. The molecule has 1 fully saturated rings. The second-order valence-electron chi connectivity index (χ2n) is 6.49. The minimum Gasteiger partial charge on any atom is -0.337 e. The number of alkyl halides is 1. The van der Waals surface area contributed by atoms with Crippen molar-refractivity contribution in [2.45, 2.75) is 12.5 Å². The molecule has 1 aromatic heterocycles. The van der Waals surface area contributed by atoms with Gasteiger partial charge < -0.3 is 10.2 Å². The van der Waals surface area contributed by atoms with Crippen LogP contribution in [-0.4, -0.2) is 54.1 Å². The number of amides is 2. The van der Waals surface area contributed by atoms with Crippen LogP contribution >= 0.6 is 0 Å². The number of hydrogen-bond donors (Lipinski definition) is 2. The van der Waals surface area contributed by atoms with E-state index in [4.69, 9.17) is 0 Å². The zero-order valence-electron chi connectivity index (χ0n) is 14.4. The van der Waals surface area contributed by atoms with Crippen LogP contribution < -0.4 is 10.6 Å². The van der Waals surface area contributed by atoms with Crippen LogP contribution in [0.15, 0.2) is 42.6 Å². The van der Waals surface area contributed by atoms with E-state index in [1.165, 1.54) is 10.2 Å². The average Bonchev–Trinajstić information content (AvgIpc) is 3.20. The van der Waals surface area contributed by atoms with Crippen LogP contribution in [0.2, 0.25) is 0 Å². The van der Waals surface area contributed by atoms with E-state index in [2.05, 4.69) is 51.9 Å². The van der Waals surface area contributed by atoms with Crippen molar-refractivity contribution in [1.29, 1.82) is 0 Å². The lowest BCUT2D eigenvalue weighted by atomic mass is 9.89. The highest BCUT2D eigenvalue weighted by Crippen LogP contribution is 2.31. The van der Waals surface area contributed by atoms with Crippen molar-refractivity contribution < 1.29 is 9.18 Å². The number of likely N-dealkylation sites (tertiary alicyclic amines) is 1. The number of anilines is 1. The van der Waals surface area contributed by atoms with Gasteiger partial charge in [0.2, 0.25) is 0 Å². The number of likely N-dealkylation sites (N-methyl/N-ethyl adjacent to an activating group) is 1. The maximum Gasteiger partial charge on any atom is 0.320 e. The molecule has 6 nitrogen and oxygen atoms in total. The summed E-state index contributed by atoms with van der Waals surface area (Å²) in [6, 6.07) is 11.8. The molecule has 0 radical (unpaired) electrons. The highest BCUT2D eigenvalue weighted by atomic mass is 19.1. The highest BCUT2D eigenvalue weighted by Gasteiger charge is 2.31. The predicted molar refractivity (Wildman–Crippen MR) is 95.4 cm³/mol. The molecule has 0 aliphatic carbocycles. The minimum absolute atomic E-state index is 0.191. The normalized spacial score (nSPS) is 20.6. The molecule has 0 spiro atoms. The Kier molecular flexibility index (Phi) is 5.65. The highest BCUT2D eigenvalue weighted by molar-refractivity contribution is 5.88. The number of rotatable bonds is 6. The number of benzene rings is 1. The Hall–Kier alpha value is -2.41. The number of aryl methyl sites for hydroxylation is 1. The summed E-state index contributed by atoms with van der Waals surface area (Å²) in [6.07, 6.45) is 1.65. The summed E-state index contributed by atoms with van der Waals surface area (Å²) >= 11 is 0. The Morgan fingerprint density at radius 3 is 2.84 bits per heavy atom. The largest absolute Gasteiger partial charge is 0.337 e. The van der Waals surface area contributed by atoms with Gasteiger partial charge in [0.15, 0.2) is 5.82 Å². The van der Waals surface area contributed by atoms with E-state index in [1.54, 1.807) is 12.3 Å². The number of nitrogens with one attached hydrogen (secondary N) is 2. The second-order valence-corrected chi connectivity index (χ2v) is 6.49. The molecule has 2 amide bonds. The molecule has 1 aromatic carbocycles. The number of hydrogen-bond acceptors (Lipinski definition) is 3. The first-order valence-corrected chi connectivity index (χ1v) is 8.53. The first-order chi connectivity index (χ1) is 12.2. The van der Waals surface area contributed by atoms with Gasteiger partial charge in [-0.1, -0.05) is 30.3 Å². The maximum absolute atomic E-state index is 12.3. The first-order valence-electron chi connectivity index (χ1n) is 8.53. The summed E-state index contributed by atoms with van der Waals surface area (Å²) in [7, 11) is 2.10. The molecule has 2 N–H and O–H groups in total. The molecule has 3 rings (SSSR count). The first kappa shape index (κ1) is 17.4. The molecule has 1 saturated heterocycles. The van der Waals surface area contributed by atoms with Crippen LogP contribution in [0.3, 0.4) is 0 Å². The molecule has 1 aliphatic rings. The lowest BCUT2D eigenvalue weighted by Crippen LogP contribution is -2.35. The van der Waals surface area contributed by atoms with Gasteiger partial charge in [0.05, 0.1) is 6.54 Å². The van der Waals surface area contributed by atoms with Gasteiger partial charge in [-0.25, -0.2) is 9.18 Å². The molecular formula is C18H24FN5O. The predicted octanol–water partition coefficient (Wildman–Crippen LogP) is 2.32. The van der Waals surface area contributed by atoms with E-state index < -0.39 is 6.67 Å². The van der Waals surface area contributed by atoms with E-state index in [-0.39, 0.29) is 12.6 Å². The Balaban J connectivity index is 1.53. The third kappa shape index (κ3) is 4.57. The fraction of sp³-hybridized carbons (Fsp3) is 0.444. The van der Waals surface area contributed by atoms with Crippen molar-refractivity contribution in [3.05, 3.63) is 48.2 Å². The zero-order chi connectivity index (χ0) is 17.6. The van der Waals surface area contributed by atoms with Gasteiger partial charge >= 0.3 is 6.03 Å². The molecule has 25 heavy (non-hydrogen) atoms. The van der Waals surface area contributed by atoms with Crippen LogP contribution in [0.4, 0.5) is 15.0 Å². The summed E-state index contributed by atoms with van der Waals surface area (Å²) in [4.78, 5) is 14.4. The van der Waals surface area contributed by atoms with E-state index in [1.807, 2.05) is 6.07 Å². The standard InChI is InChI=1S/C18H24FN5O/c1-23-12-15(16(13-23)14-5-3-2-4-6-14)11-20-18(25)21-17-7-9-24(22-17)10-8-19/h2-7,9,15-16H,8,10-13H2,1H3,(H2,20,21,22,25)/t15-,16+/m1/s1. The molecule has 2 heterocycles. The summed E-state index contributed by atoms with van der Waals surface area (Å²) in [6.45, 7) is 2.25. The smallest absolute Gasteiger partial charge is 0.320 e. The van der Waals surface area contributed by atoms with Crippen LogP contribution in [-0.2, 0) is 6.54 Å². The molecular weight excluding hydrogens is 321 g/mol. The monoisotopic (exact) mass is 345 g/mol. The van der Waals surface area contributed by atoms with Crippen molar-refractivity contribution in [1.82, 2.24) is 20.0 Å². The number of carbonyl (C=O) groups excluding carboxylic acids is 1. The van der Waals surface area contributed by atoms with E-state index in [0.29, 0.717) is 24.2 Å². The second kappa shape index (κ2) is 8.11. The maximum atomic E-state index is 12.3. The topological polar surface area (TPSA) is 62.2 Å². The minimum atomic E-state index is -0.483. The van der Waals surface area contributed by atoms with Crippen LogP contribution in [0.25, 0.3) is 0 Å². The average molecular weight is 345 g/mol. The van der Waals surface area contributed by atoms with Gasteiger partial charge in [-0.2, -0.15) is 5.10 Å². The van der Waals surface area contributed by atoms with Gasteiger partial charge in [-0.15, -0.1) is 0 Å². The van der Waals surface area contributed by atoms with Gasteiger partial charge in [0, 0.05) is 37.8 Å². The van der Waals surface area contributed by atoms with Gasteiger partial charge in [-0.05, 0) is 18.5 Å². The summed E-state index contributed by atoms with van der Waals surface area (Å²) in [5, 5.41) is 9.72. The van der Waals surface area contributed by atoms with Crippen molar-refractivity contribution >= 4 is 11.8 Å². The molecule has 1 aliphatic heterocycles. The fourth-order valence-corrected chi connectivity index (χ4v) is 3.40. The van der Waals surface area contributed by atoms with Gasteiger partial charge in [0.1, 0.15) is 6.67 Å². The summed E-state index contributed by atoms with van der Waals surface area (Å²) in [5.74, 6) is 1.20. The third-order valence-corrected chi connectivity index (χ3v) is 4.57. The van der Waals surface area contributed by atoms with Crippen molar-refractivity contribution in [3.8, 4) is 0 Å². The van der Waals surface area contributed by atoms with Crippen LogP contribution in [0, 0.1) is 5.92 Å². The molecule has 0 bridgehead atoms. The molecule has 2 atom stereocenters. The van der Waals surface area contributed by atoms with E-state index >= 15 is 0 Å². The number of aromatic nitrogens is 2. The summed E-state index contributed by atoms with van der Waals surface area (Å²) in [5.41, 5.74) is 1.31. The third-order valence-electron chi connectivity index (χ3n) is 4.57. The number of carbonyl (C=O) groups is 1. The molecule has 2 aromatic rings. The Labute approximate surface area is 147 Å². The van der Waals surface area contributed by atoms with E-state index in [9.17, 15) is 9.18 Å². The molecule has 0 saturated carbocycles. The van der Waals surface area contributed by atoms with Gasteiger partial charge in [0.25, 0.3) is 0 Å². The molecule has 0 unspecified atom stereocenters. The van der Waals surface area contributed by atoms with Crippen molar-refractivity contribution in [2.75, 3.05) is 38.7 Å². The Bertz CT molecular complexity index is 690. The van der Waals surface area contributed by atoms with Crippen molar-refractivity contribution in [3.63, 3.8) is 0 Å². The lowest BCUT2D eigenvalue weighted by Gasteiger charge is -2.19. The van der Waals surface area contributed by atoms with E-state index in [0.717, 1.165) is 13.1 Å². The van der Waals surface area contributed by atoms with Crippen LogP contribution in [0.5, 0.6) is 0 Å². The quantitative estimate of drug-likeness (QED) is 0.845. The molecule has 7 heteroatoms.